The molecule has 0 N–H and O–H groups in total. The van der Waals surface area contributed by atoms with Crippen LogP contribution < -0.4 is 0 Å². The number of rotatable bonds is 5. The van der Waals surface area contributed by atoms with Gasteiger partial charge in [0.25, 0.3) is 0 Å². The van der Waals surface area contributed by atoms with Crippen LogP contribution in [0.5, 0.6) is 0 Å². The zero-order chi connectivity index (χ0) is 16.9. The summed E-state index contributed by atoms with van der Waals surface area (Å²) >= 11 is 0. The molecule has 0 spiro atoms. The van der Waals surface area contributed by atoms with Crippen molar-refractivity contribution >= 4 is 0 Å². The van der Waals surface area contributed by atoms with Crippen molar-refractivity contribution in [2.45, 2.75) is 13.0 Å². The molecule has 0 aliphatic carbocycles. The van der Waals surface area contributed by atoms with Crippen LogP contribution >= 0.6 is 0 Å². The SMILES string of the molecule is c1ccc(CCn2cnc(-c3ccccc3)c2-c2ccccc2)cc1. The van der Waals surface area contributed by atoms with Gasteiger partial charge in [-0.2, -0.15) is 0 Å². The normalized spacial score (nSPS) is 10.7. The van der Waals surface area contributed by atoms with Crippen molar-refractivity contribution in [3.63, 3.8) is 0 Å². The highest BCUT2D eigenvalue weighted by molar-refractivity contribution is 5.78. The van der Waals surface area contributed by atoms with Gasteiger partial charge in [-0.1, -0.05) is 91.0 Å². The van der Waals surface area contributed by atoms with E-state index in [1.54, 1.807) is 0 Å². The number of benzene rings is 3. The molecule has 4 aromatic rings. The Morgan fingerprint density at radius 1 is 0.640 bits per heavy atom. The first-order valence-electron chi connectivity index (χ1n) is 8.62. The van der Waals surface area contributed by atoms with E-state index in [9.17, 15) is 0 Å². The molecule has 1 heterocycles. The number of hydrogen-bond acceptors (Lipinski definition) is 1. The van der Waals surface area contributed by atoms with Crippen LogP contribution in [0.1, 0.15) is 5.56 Å². The topological polar surface area (TPSA) is 17.8 Å². The van der Waals surface area contributed by atoms with Gasteiger partial charge in [-0.05, 0) is 12.0 Å². The zero-order valence-electron chi connectivity index (χ0n) is 14.0. The number of hydrogen-bond donors (Lipinski definition) is 0. The van der Waals surface area contributed by atoms with Crippen molar-refractivity contribution in [2.24, 2.45) is 0 Å². The molecule has 0 aliphatic rings. The summed E-state index contributed by atoms with van der Waals surface area (Å²) in [4.78, 5) is 4.74. The Morgan fingerprint density at radius 2 is 1.20 bits per heavy atom. The predicted molar refractivity (Wildman–Crippen MR) is 103 cm³/mol. The Bertz CT molecular complexity index is 926. The lowest BCUT2D eigenvalue weighted by atomic mass is 10.0. The first-order chi connectivity index (χ1) is 12.4. The van der Waals surface area contributed by atoms with Gasteiger partial charge >= 0.3 is 0 Å². The fourth-order valence-corrected chi connectivity index (χ4v) is 3.15. The second-order valence-corrected chi connectivity index (χ2v) is 6.10. The molecule has 1 aromatic heterocycles. The molecule has 0 saturated carbocycles. The minimum Gasteiger partial charge on any atom is -0.330 e. The van der Waals surface area contributed by atoms with Gasteiger partial charge in [-0.15, -0.1) is 0 Å². The molecular formula is C23H20N2. The molecule has 25 heavy (non-hydrogen) atoms. The molecule has 2 nitrogen and oxygen atoms in total. The van der Waals surface area contributed by atoms with Crippen LogP contribution in [-0.4, -0.2) is 9.55 Å². The standard InChI is InChI=1S/C23H20N2/c1-4-10-19(11-5-1)16-17-25-18-24-22(20-12-6-2-7-13-20)23(25)21-14-8-3-9-15-21/h1-15,18H,16-17H2. The number of aromatic nitrogens is 2. The van der Waals surface area contributed by atoms with Gasteiger partial charge in [0.05, 0.1) is 17.7 Å². The van der Waals surface area contributed by atoms with Crippen LogP contribution in [0, 0.1) is 0 Å². The summed E-state index contributed by atoms with van der Waals surface area (Å²) in [6.07, 6.45) is 2.96. The van der Waals surface area contributed by atoms with E-state index in [-0.39, 0.29) is 0 Å². The summed E-state index contributed by atoms with van der Waals surface area (Å²) < 4.78 is 2.27. The molecule has 122 valence electrons. The van der Waals surface area contributed by atoms with E-state index < -0.39 is 0 Å². The summed E-state index contributed by atoms with van der Waals surface area (Å²) in [7, 11) is 0. The Morgan fingerprint density at radius 3 is 1.84 bits per heavy atom. The fraction of sp³-hybridized carbons (Fsp3) is 0.0870. The van der Waals surface area contributed by atoms with Crippen LogP contribution in [-0.2, 0) is 13.0 Å². The van der Waals surface area contributed by atoms with E-state index >= 15 is 0 Å². The van der Waals surface area contributed by atoms with Crippen LogP contribution in [0.2, 0.25) is 0 Å². The summed E-state index contributed by atoms with van der Waals surface area (Å²) in [6, 6.07) is 31.5. The van der Waals surface area contributed by atoms with E-state index in [2.05, 4.69) is 89.5 Å². The van der Waals surface area contributed by atoms with E-state index in [0.717, 1.165) is 24.2 Å². The van der Waals surface area contributed by atoms with Crippen LogP contribution in [0.25, 0.3) is 22.5 Å². The molecular weight excluding hydrogens is 304 g/mol. The Hall–Kier alpha value is -3.13. The third-order valence-electron chi connectivity index (χ3n) is 4.42. The molecule has 0 aliphatic heterocycles. The van der Waals surface area contributed by atoms with Crippen molar-refractivity contribution in [2.75, 3.05) is 0 Å². The quantitative estimate of drug-likeness (QED) is 0.476. The van der Waals surface area contributed by atoms with E-state index in [4.69, 9.17) is 4.98 Å². The highest BCUT2D eigenvalue weighted by atomic mass is 15.1. The van der Waals surface area contributed by atoms with Crippen LogP contribution in [0.4, 0.5) is 0 Å². The van der Waals surface area contributed by atoms with Crippen LogP contribution in [0.15, 0.2) is 97.3 Å². The maximum absolute atomic E-state index is 4.74. The minimum atomic E-state index is 0.911. The Labute approximate surface area is 148 Å². The lowest BCUT2D eigenvalue weighted by Crippen LogP contribution is -2.02. The summed E-state index contributed by atoms with van der Waals surface area (Å²) in [5, 5.41) is 0. The average Bonchev–Trinajstić information content (AvgIpc) is 3.12. The minimum absolute atomic E-state index is 0.911. The molecule has 3 aromatic carbocycles. The van der Waals surface area contributed by atoms with Crippen molar-refractivity contribution in [3.8, 4) is 22.5 Å². The molecule has 4 rings (SSSR count). The first-order valence-corrected chi connectivity index (χ1v) is 8.62. The average molecular weight is 324 g/mol. The van der Waals surface area contributed by atoms with E-state index in [1.807, 2.05) is 12.4 Å². The lowest BCUT2D eigenvalue weighted by Gasteiger charge is -2.11. The van der Waals surface area contributed by atoms with Gasteiger partial charge in [0, 0.05) is 17.7 Å². The summed E-state index contributed by atoms with van der Waals surface area (Å²) in [6.45, 7) is 0.911. The Kier molecular flexibility index (Phi) is 4.42. The van der Waals surface area contributed by atoms with Crippen molar-refractivity contribution in [3.05, 3.63) is 103 Å². The van der Waals surface area contributed by atoms with E-state index in [0.29, 0.717) is 0 Å². The van der Waals surface area contributed by atoms with Gasteiger partial charge in [-0.3, -0.25) is 0 Å². The first kappa shape index (κ1) is 15.4. The maximum atomic E-state index is 4.74. The summed E-state index contributed by atoms with van der Waals surface area (Å²) in [5.74, 6) is 0. The number of imidazole rings is 1. The second-order valence-electron chi connectivity index (χ2n) is 6.10. The van der Waals surface area contributed by atoms with Crippen LogP contribution in [0.3, 0.4) is 0 Å². The highest BCUT2D eigenvalue weighted by Gasteiger charge is 2.14. The van der Waals surface area contributed by atoms with Crippen molar-refractivity contribution < 1.29 is 0 Å². The van der Waals surface area contributed by atoms with Crippen molar-refractivity contribution in [1.82, 2.24) is 9.55 Å². The Balaban J connectivity index is 1.73. The van der Waals surface area contributed by atoms with Gasteiger partial charge < -0.3 is 4.57 Å². The largest absolute Gasteiger partial charge is 0.330 e. The van der Waals surface area contributed by atoms with Gasteiger partial charge in [0.2, 0.25) is 0 Å². The molecule has 0 fully saturated rings. The molecule has 0 bridgehead atoms. The molecule has 0 saturated heterocycles. The molecule has 0 radical (unpaired) electrons. The van der Waals surface area contributed by atoms with E-state index in [1.165, 1.54) is 16.8 Å². The van der Waals surface area contributed by atoms with Gasteiger partial charge in [0.1, 0.15) is 0 Å². The fourth-order valence-electron chi connectivity index (χ4n) is 3.15. The van der Waals surface area contributed by atoms with Gasteiger partial charge in [0.15, 0.2) is 0 Å². The smallest absolute Gasteiger partial charge is 0.0963 e. The predicted octanol–water partition coefficient (Wildman–Crippen LogP) is 5.46. The number of aryl methyl sites for hydroxylation is 2. The molecule has 0 atom stereocenters. The lowest BCUT2D eigenvalue weighted by molar-refractivity contribution is 0.702. The molecule has 2 heteroatoms. The third kappa shape index (κ3) is 3.38. The zero-order valence-corrected chi connectivity index (χ0v) is 14.0. The summed E-state index contributed by atoms with van der Waals surface area (Å²) in [5.41, 5.74) is 5.92. The third-order valence-corrected chi connectivity index (χ3v) is 4.42. The monoisotopic (exact) mass is 324 g/mol. The molecule has 0 amide bonds. The maximum Gasteiger partial charge on any atom is 0.0963 e. The highest BCUT2D eigenvalue weighted by Crippen LogP contribution is 2.31. The second kappa shape index (κ2) is 7.18. The van der Waals surface area contributed by atoms with Crippen molar-refractivity contribution in [1.29, 1.82) is 0 Å². The van der Waals surface area contributed by atoms with Gasteiger partial charge in [-0.25, -0.2) is 4.98 Å². The number of nitrogens with zero attached hydrogens (tertiary/aromatic N) is 2. The molecule has 0 unspecified atom stereocenters.